The standard InChI is InChI=1S/C14H32N2O/c1-6-13(7-2)16(9-10-17)12-14(4,5)11-15-8-3/h13,15,17H,6-12H2,1-5H3. The van der Waals surface area contributed by atoms with Crippen molar-refractivity contribution in [1.29, 1.82) is 0 Å². The first kappa shape index (κ1) is 16.9. The van der Waals surface area contributed by atoms with E-state index in [1.54, 1.807) is 0 Å². The highest BCUT2D eigenvalue weighted by Crippen LogP contribution is 2.19. The monoisotopic (exact) mass is 244 g/mol. The molecule has 0 saturated heterocycles. The third-order valence-electron chi connectivity index (χ3n) is 3.33. The third kappa shape index (κ3) is 7.02. The van der Waals surface area contributed by atoms with Crippen LogP contribution in [-0.4, -0.2) is 48.8 Å². The Bertz CT molecular complexity index is 179. The lowest BCUT2D eigenvalue weighted by Crippen LogP contribution is -2.46. The lowest BCUT2D eigenvalue weighted by atomic mass is 9.91. The molecule has 0 aromatic carbocycles. The van der Waals surface area contributed by atoms with Gasteiger partial charge in [-0.1, -0.05) is 34.6 Å². The van der Waals surface area contributed by atoms with Gasteiger partial charge in [0.15, 0.2) is 0 Å². The molecule has 0 aromatic heterocycles. The van der Waals surface area contributed by atoms with Crippen LogP contribution in [0.2, 0.25) is 0 Å². The van der Waals surface area contributed by atoms with Gasteiger partial charge in [-0.2, -0.15) is 0 Å². The molecule has 2 N–H and O–H groups in total. The van der Waals surface area contributed by atoms with Gasteiger partial charge in [-0.25, -0.2) is 0 Å². The number of aliphatic hydroxyl groups is 1. The first-order valence-electron chi connectivity index (χ1n) is 7.06. The molecule has 0 radical (unpaired) electrons. The van der Waals surface area contributed by atoms with E-state index in [9.17, 15) is 5.11 Å². The van der Waals surface area contributed by atoms with E-state index < -0.39 is 0 Å². The summed E-state index contributed by atoms with van der Waals surface area (Å²) < 4.78 is 0. The summed E-state index contributed by atoms with van der Waals surface area (Å²) in [6, 6.07) is 0.600. The molecular formula is C14H32N2O. The van der Waals surface area contributed by atoms with Gasteiger partial charge in [-0.05, 0) is 24.8 Å². The van der Waals surface area contributed by atoms with Crippen molar-refractivity contribution in [2.75, 3.05) is 32.8 Å². The van der Waals surface area contributed by atoms with E-state index in [0.717, 1.165) is 39.0 Å². The molecule has 17 heavy (non-hydrogen) atoms. The Hall–Kier alpha value is -0.120. The normalized spacial score (nSPS) is 12.7. The topological polar surface area (TPSA) is 35.5 Å². The highest BCUT2D eigenvalue weighted by Gasteiger charge is 2.24. The first-order valence-corrected chi connectivity index (χ1v) is 7.06. The molecule has 0 unspecified atom stereocenters. The van der Waals surface area contributed by atoms with Crippen LogP contribution in [0.4, 0.5) is 0 Å². The molecule has 0 spiro atoms. The Kier molecular flexibility index (Phi) is 8.83. The van der Waals surface area contributed by atoms with Crippen molar-refractivity contribution >= 4 is 0 Å². The molecule has 0 rings (SSSR count). The van der Waals surface area contributed by atoms with Gasteiger partial charge in [-0.15, -0.1) is 0 Å². The van der Waals surface area contributed by atoms with Gasteiger partial charge in [0.1, 0.15) is 0 Å². The fourth-order valence-corrected chi connectivity index (χ4v) is 2.39. The van der Waals surface area contributed by atoms with Crippen LogP contribution in [0.25, 0.3) is 0 Å². The summed E-state index contributed by atoms with van der Waals surface area (Å²) >= 11 is 0. The Morgan fingerprint density at radius 1 is 1.18 bits per heavy atom. The van der Waals surface area contributed by atoms with Crippen molar-refractivity contribution in [2.24, 2.45) is 5.41 Å². The Balaban J connectivity index is 4.39. The molecule has 0 fully saturated rings. The maximum absolute atomic E-state index is 9.19. The number of nitrogens with one attached hydrogen (secondary N) is 1. The van der Waals surface area contributed by atoms with E-state index >= 15 is 0 Å². The molecule has 3 heteroatoms. The number of aliphatic hydroxyl groups excluding tert-OH is 1. The second-order valence-corrected chi connectivity index (χ2v) is 5.61. The van der Waals surface area contributed by atoms with Gasteiger partial charge >= 0.3 is 0 Å². The van der Waals surface area contributed by atoms with Crippen LogP contribution in [0.15, 0.2) is 0 Å². The average molecular weight is 244 g/mol. The summed E-state index contributed by atoms with van der Waals surface area (Å²) in [5.41, 5.74) is 0.258. The van der Waals surface area contributed by atoms with Crippen LogP contribution < -0.4 is 5.32 Å². The lowest BCUT2D eigenvalue weighted by Gasteiger charge is -2.37. The van der Waals surface area contributed by atoms with Crippen LogP contribution in [-0.2, 0) is 0 Å². The van der Waals surface area contributed by atoms with Crippen LogP contribution in [0.1, 0.15) is 47.5 Å². The van der Waals surface area contributed by atoms with Gasteiger partial charge in [0, 0.05) is 25.7 Å². The van der Waals surface area contributed by atoms with E-state index in [1.807, 2.05) is 0 Å². The van der Waals surface area contributed by atoms with Gasteiger partial charge in [0.05, 0.1) is 6.61 Å². The highest BCUT2D eigenvalue weighted by molar-refractivity contribution is 4.79. The van der Waals surface area contributed by atoms with Gasteiger partial charge in [-0.3, -0.25) is 4.90 Å². The quantitative estimate of drug-likeness (QED) is 0.618. The summed E-state index contributed by atoms with van der Waals surface area (Å²) in [6.45, 7) is 15.3. The fraction of sp³-hybridized carbons (Fsp3) is 1.00. The van der Waals surface area contributed by atoms with E-state index in [4.69, 9.17) is 0 Å². The molecule has 0 amide bonds. The van der Waals surface area contributed by atoms with E-state index in [0.29, 0.717) is 6.04 Å². The SMILES string of the molecule is CCNCC(C)(C)CN(CCO)C(CC)CC. The number of hydrogen-bond donors (Lipinski definition) is 2. The number of hydrogen-bond acceptors (Lipinski definition) is 3. The van der Waals surface area contributed by atoms with Crippen molar-refractivity contribution in [3.63, 3.8) is 0 Å². The van der Waals surface area contributed by atoms with Gasteiger partial charge in [0.2, 0.25) is 0 Å². The van der Waals surface area contributed by atoms with Crippen LogP contribution >= 0.6 is 0 Å². The summed E-state index contributed by atoms with van der Waals surface area (Å²) in [5.74, 6) is 0. The summed E-state index contributed by atoms with van der Waals surface area (Å²) in [7, 11) is 0. The molecule has 0 saturated carbocycles. The number of rotatable bonds is 10. The Labute approximate surface area is 108 Å². The number of nitrogens with zero attached hydrogens (tertiary/aromatic N) is 1. The summed E-state index contributed by atoms with van der Waals surface area (Å²) in [5, 5.41) is 12.6. The molecule has 3 nitrogen and oxygen atoms in total. The highest BCUT2D eigenvalue weighted by atomic mass is 16.3. The van der Waals surface area contributed by atoms with Crippen molar-refractivity contribution in [2.45, 2.75) is 53.5 Å². The summed E-state index contributed by atoms with van der Waals surface area (Å²) in [4.78, 5) is 2.44. The van der Waals surface area contributed by atoms with Crippen molar-refractivity contribution < 1.29 is 5.11 Å². The predicted molar refractivity (Wildman–Crippen MR) is 75.4 cm³/mol. The second-order valence-electron chi connectivity index (χ2n) is 5.61. The average Bonchev–Trinajstić information content (AvgIpc) is 2.28. The lowest BCUT2D eigenvalue weighted by molar-refractivity contribution is 0.0971. The molecule has 0 aliphatic carbocycles. The van der Waals surface area contributed by atoms with E-state index in [1.165, 1.54) is 0 Å². The van der Waals surface area contributed by atoms with Crippen LogP contribution in [0.5, 0.6) is 0 Å². The third-order valence-corrected chi connectivity index (χ3v) is 3.33. The maximum Gasteiger partial charge on any atom is 0.0558 e. The van der Waals surface area contributed by atoms with Gasteiger partial charge in [0.25, 0.3) is 0 Å². The fourth-order valence-electron chi connectivity index (χ4n) is 2.39. The first-order chi connectivity index (χ1) is 8.00. The molecule has 0 atom stereocenters. The zero-order chi connectivity index (χ0) is 13.3. The smallest absolute Gasteiger partial charge is 0.0558 e. The zero-order valence-electron chi connectivity index (χ0n) is 12.4. The minimum Gasteiger partial charge on any atom is -0.395 e. The largest absolute Gasteiger partial charge is 0.395 e. The summed E-state index contributed by atoms with van der Waals surface area (Å²) in [6.07, 6.45) is 2.32. The second kappa shape index (κ2) is 8.90. The predicted octanol–water partition coefficient (Wildman–Crippen LogP) is 2.10. The van der Waals surface area contributed by atoms with E-state index in [2.05, 4.69) is 44.8 Å². The van der Waals surface area contributed by atoms with Crippen molar-refractivity contribution in [3.05, 3.63) is 0 Å². The molecule has 0 bridgehead atoms. The minimum atomic E-state index is 0.258. The molecule has 0 aromatic rings. The minimum absolute atomic E-state index is 0.258. The van der Waals surface area contributed by atoms with Crippen molar-refractivity contribution in [1.82, 2.24) is 10.2 Å². The van der Waals surface area contributed by atoms with E-state index in [-0.39, 0.29) is 12.0 Å². The van der Waals surface area contributed by atoms with Crippen LogP contribution in [0, 0.1) is 5.41 Å². The molecule has 0 heterocycles. The Morgan fingerprint density at radius 2 is 1.76 bits per heavy atom. The van der Waals surface area contributed by atoms with Crippen LogP contribution in [0.3, 0.4) is 0 Å². The maximum atomic E-state index is 9.19. The Morgan fingerprint density at radius 3 is 2.18 bits per heavy atom. The molecule has 0 aliphatic heterocycles. The molecule has 0 aliphatic rings. The zero-order valence-corrected chi connectivity index (χ0v) is 12.4. The van der Waals surface area contributed by atoms with Crippen molar-refractivity contribution in [3.8, 4) is 0 Å². The molecular weight excluding hydrogens is 212 g/mol. The van der Waals surface area contributed by atoms with Gasteiger partial charge < -0.3 is 10.4 Å². The molecule has 104 valence electrons.